The Morgan fingerprint density at radius 2 is 1.86 bits per heavy atom. The number of amides is 2. The molecule has 2 aromatic rings. The highest BCUT2D eigenvalue weighted by Crippen LogP contribution is 2.31. The van der Waals surface area contributed by atoms with Crippen LogP contribution in [-0.2, 0) is 9.59 Å². The van der Waals surface area contributed by atoms with Crippen LogP contribution in [-0.4, -0.2) is 34.2 Å². The summed E-state index contributed by atoms with van der Waals surface area (Å²) in [5.74, 6) is 0.198. The average molecular weight is 410 g/mol. The number of carbonyl (C=O) groups excluding carboxylic acids is 2. The number of benzene rings is 2. The number of thioether (sulfide) groups is 1. The van der Waals surface area contributed by atoms with Crippen molar-refractivity contribution in [3.63, 3.8) is 0 Å². The fraction of sp³-hybridized carbons (Fsp3) is 0.348. The van der Waals surface area contributed by atoms with E-state index in [2.05, 4.69) is 36.3 Å². The van der Waals surface area contributed by atoms with Gasteiger partial charge in [-0.05, 0) is 49.1 Å². The SMILES string of the molecule is Cc1ccc(NC(=O)C[C@@H]2SC(=Nc3ccc(C(C)C)cc3)N(C)C2=O)c(C)c1. The van der Waals surface area contributed by atoms with Gasteiger partial charge in [0.15, 0.2) is 5.17 Å². The zero-order valence-corrected chi connectivity index (χ0v) is 18.3. The van der Waals surface area contributed by atoms with Gasteiger partial charge in [0, 0.05) is 19.2 Å². The lowest BCUT2D eigenvalue weighted by Gasteiger charge is -2.11. The van der Waals surface area contributed by atoms with Gasteiger partial charge in [-0.25, -0.2) is 4.99 Å². The summed E-state index contributed by atoms with van der Waals surface area (Å²) in [6.07, 6.45) is 0.118. The molecule has 29 heavy (non-hydrogen) atoms. The summed E-state index contributed by atoms with van der Waals surface area (Å²) in [7, 11) is 1.71. The molecule has 1 aliphatic heterocycles. The van der Waals surface area contributed by atoms with Crippen LogP contribution in [0.4, 0.5) is 11.4 Å². The molecule has 0 saturated carbocycles. The molecule has 0 spiro atoms. The first-order valence-corrected chi connectivity index (χ1v) is 10.6. The van der Waals surface area contributed by atoms with Crippen molar-refractivity contribution in [3.8, 4) is 0 Å². The van der Waals surface area contributed by atoms with Gasteiger partial charge in [-0.15, -0.1) is 0 Å². The van der Waals surface area contributed by atoms with E-state index in [0.717, 1.165) is 22.5 Å². The van der Waals surface area contributed by atoms with Crippen LogP contribution in [0.25, 0.3) is 0 Å². The third-order valence-corrected chi connectivity index (χ3v) is 6.18. The Balaban J connectivity index is 1.67. The molecule has 3 rings (SSSR count). The quantitative estimate of drug-likeness (QED) is 0.754. The first-order valence-electron chi connectivity index (χ1n) is 9.74. The third kappa shape index (κ3) is 5.07. The smallest absolute Gasteiger partial charge is 0.242 e. The molecule has 1 saturated heterocycles. The average Bonchev–Trinajstić information content (AvgIpc) is 2.92. The molecule has 0 aliphatic carbocycles. The van der Waals surface area contributed by atoms with Crippen molar-refractivity contribution in [1.29, 1.82) is 0 Å². The van der Waals surface area contributed by atoms with E-state index in [1.165, 1.54) is 22.2 Å². The third-order valence-electron chi connectivity index (χ3n) is 4.95. The second-order valence-corrected chi connectivity index (χ2v) is 8.88. The van der Waals surface area contributed by atoms with Crippen LogP contribution in [0.2, 0.25) is 0 Å². The predicted molar refractivity (Wildman–Crippen MR) is 121 cm³/mol. The number of nitrogens with one attached hydrogen (secondary N) is 1. The minimum Gasteiger partial charge on any atom is -0.326 e. The summed E-state index contributed by atoms with van der Waals surface area (Å²) in [4.78, 5) is 31.2. The van der Waals surface area contributed by atoms with E-state index in [0.29, 0.717) is 11.1 Å². The molecule has 2 aromatic carbocycles. The Hall–Kier alpha value is -2.60. The number of anilines is 1. The van der Waals surface area contributed by atoms with Gasteiger partial charge in [0.25, 0.3) is 0 Å². The lowest BCUT2D eigenvalue weighted by Crippen LogP contribution is -2.30. The molecule has 0 unspecified atom stereocenters. The van der Waals surface area contributed by atoms with Gasteiger partial charge in [0.2, 0.25) is 11.8 Å². The van der Waals surface area contributed by atoms with Crippen molar-refractivity contribution in [2.24, 2.45) is 4.99 Å². The highest BCUT2D eigenvalue weighted by Gasteiger charge is 2.37. The molecular formula is C23H27N3O2S. The molecular weight excluding hydrogens is 382 g/mol. The van der Waals surface area contributed by atoms with E-state index in [-0.39, 0.29) is 18.2 Å². The fourth-order valence-corrected chi connectivity index (χ4v) is 4.32. The van der Waals surface area contributed by atoms with E-state index in [1.54, 1.807) is 7.05 Å². The number of amidine groups is 1. The predicted octanol–water partition coefficient (Wildman–Crippen LogP) is 5.02. The Morgan fingerprint density at radius 1 is 1.17 bits per heavy atom. The monoisotopic (exact) mass is 409 g/mol. The second kappa shape index (κ2) is 8.82. The molecule has 1 heterocycles. The highest BCUT2D eigenvalue weighted by molar-refractivity contribution is 8.15. The fourth-order valence-electron chi connectivity index (χ4n) is 3.16. The summed E-state index contributed by atoms with van der Waals surface area (Å²) in [6.45, 7) is 8.27. The molecule has 1 fully saturated rings. The molecule has 0 bridgehead atoms. The lowest BCUT2D eigenvalue weighted by atomic mass is 10.0. The number of carbonyl (C=O) groups is 2. The van der Waals surface area contributed by atoms with Gasteiger partial charge in [0.05, 0.1) is 5.69 Å². The lowest BCUT2D eigenvalue weighted by molar-refractivity contribution is -0.127. The van der Waals surface area contributed by atoms with Crippen LogP contribution < -0.4 is 5.32 Å². The van der Waals surface area contributed by atoms with Gasteiger partial charge < -0.3 is 5.32 Å². The minimum atomic E-state index is -0.459. The van der Waals surface area contributed by atoms with Crippen LogP contribution in [0, 0.1) is 13.8 Å². The Bertz CT molecular complexity index is 951. The summed E-state index contributed by atoms with van der Waals surface area (Å²) in [6, 6.07) is 13.9. The van der Waals surface area contributed by atoms with Gasteiger partial charge in [-0.1, -0.05) is 55.4 Å². The van der Waals surface area contributed by atoms with Crippen LogP contribution in [0.3, 0.4) is 0 Å². The van der Waals surface area contributed by atoms with Crippen molar-refractivity contribution in [2.45, 2.75) is 45.3 Å². The topological polar surface area (TPSA) is 61.8 Å². The first-order chi connectivity index (χ1) is 13.7. The number of aliphatic imine (C=N–C) groups is 1. The van der Waals surface area contributed by atoms with Crippen molar-refractivity contribution >= 4 is 40.1 Å². The maximum Gasteiger partial charge on any atom is 0.242 e. The van der Waals surface area contributed by atoms with Crippen molar-refractivity contribution in [2.75, 3.05) is 12.4 Å². The summed E-state index contributed by atoms with van der Waals surface area (Å²) < 4.78 is 0. The van der Waals surface area contributed by atoms with E-state index < -0.39 is 5.25 Å². The zero-order chi connectivity index (χ0) is 21.1. The molecule has 2 amide bonds. The van der Waals surface area contributed by atoms with E-state index in [9.17, 15) is 9.59 Å². The normalized spacial score (nSPS) is 18.0. The van der Waals surface area contributed by atoms with Crippen molar-refractivity contribution in [1.82, 2.24) is 4.90 Å². The van der Waals surface area contributed by atoms with Gasteiger partial charge in [-0.3, -0.25) is 14.5 Å². The Labute approximate surface area is 176 Å². The Kier molecular flexibility index (Phi) is 6.42. The van der Waals surface area contributed by atoms with Crippen LogP contribution in [0.15, 0.2) is 47.5 Å². The van der Waals surface area contributed by atoms with Crippen LogP contribution >= 0.6 is 11.8 Å². The first kappa shape index (κ1) is 21.1. The molecule has 0 radical (unpaired) electrons. The molecule has 1 N–H and O–H groups in total. The zero-order valence-electron chi connectivity index (χ0n) is 17.5. The maximum absolute atomic E-state index is 12.6. The second-order valence-electron chi connectivity index (χ2n) is 7.72. The maximum atomic E-state index is 12.6. The molecule has 5 nitrogen and oxygen atoms in total. The summed E-state index contributed by atoms with van der Waals surface area (Å²) in [5, 5.41) is 3.08. The number of hydrogen-bond donors (Lipinski definition) is 1. The largest absolute Gasteiger partial charge is 0.326 e. The van der Waals surface area contributed by atoms with Gasteiger partial charge in [-0.2, -0.15) is 0 Å². The van der Waals surface area contributed by atoms with Gasteiger partial charge >= 0.3 is 0 Å². The van der Waals surface area contributed by atoms with E-state index in [4.69, 9.17) is 0 Å². The van der Waals surface area contributed by atoms with E-state index in [1.807, 2.05) is 44.2 Å². The van der Waals surface area contributed by atoms with Crippen LogP contribution in [0.1, 0.15) is 42.9 Å². The summed E-state index contributed by atoms with van der Waals surface area (Å²) in [5.41, 5.74) is 4.98. The number of hydrogen-bond acceptors (Lipinski definition) is 4. The van der Waals surface area contributed by atoms with Crippen LogP contribution in [0.5, 0.6) is 0 Å². The molecule has 6 heteroatoms. The number of rotatable bonds is 5. The van der Waals surface area contributed by atoms with Gasteiger partial charge in [0.1, 0.15) is 5.25 Å². The number of aryl methyl sites for hydroxylation is 2. The Morgan fingerprint density at radius 3 is 2.48 bits per heavy atom. The van der Waals surface area contributed by atoms with E-state index >= 15 is 0 Å². The summed E-state index contributed by atoms with van der Waals surface area (Å²) >= 11 is 1.34. The molecule has 1 atom stereocenters. The molecule has 152 valence electrons. The highest BCUT2D eigenvalue weighted by atomic mass is 32.2. The molecule has 0 aromatic heterocycles. The standard InChI is InChI=1S/C23H27N3O2S/c1-14(2)17-7-9-18(10-8-17)24-23-26(5)22(28)20(29-23)13-21(27)25-19-11-6-15(3)12-16(19)4/h6-12,14,20H,13H2,1-5H3,(H,25,27)/t20-/m0/s1. The molecule has 1 aliphatic rings. The minimum absolute atomic E-state index is 0.0941. The van der Waals surface area contributed by atoms with Crippen molar-refractivity contribution in [3.05, 3.63) is 59.2 Å². The number of nitrogens with zero attached hydrogens (tertiary/aromatic N) is 2. The van der Waals surface area contributed by atoms with Crippen molar-refractivity contribution < 1.29 is 9.59 Å².